The van der Waals surface area contributed by atoms with Crippen LogP contribution in [0.25, 0.3) is 0 Å². The average molecular weight is 187 g/mol. The first-order valence-corrected chi connectivity index (χ1v) is 5.81. The van der Waals surface area contributed by atoms with Gasteiger partial charge < -0.3 is 5.32 Å². The Morgan fingerprint density at radius 2 is 2.08 bits per heavy atom. The molecule has 12 heavy (non-hydrogen) atoms. The molecule has 0 saturated heterocycles. The molecule has 1 N–H and O–H groups in total. The second-order valence-electron chi connectivity index (χ2n) is 3.21. The van der Waals surface area contributed by atoms with Crippen molar-refractivity contribution in [3.8, 4) is 0 Å². The van der Waals surface area contributed by atoms with Gasteiger partial charge in [0.25, 0.3) is 0 Å². The van der Waals surface area contributed by atoms with E-state index in [-0.39, 0.29) is 11.8 Å². The Kier molecular flexibility index (Phi) is 2.28. The molecule has 1 aliphatic heterocycles. The maximum absolute atomic E-state index is 11.8. The Hall–Kier alpha value is -0.770. The molecule has 0 saturated carbocycles. The van der Waals surface area contributed by atoms with Gasteiger partial charge >= 0.3 is 0 Å². The van der Waals surface area contributed by atoms with Crippen molar-refractivity contribution >= 4 is 20.4 Å². The third-order valence-corrected chi connectivity index (χ3v) is 3.79. The van der Waals surface area contributed by atoms with Crippen LogP contribution in [-0.2, 0) is 14.3 Å². The molecule has 1 unspecified atom stereocenters. The van der Waals surface area contributed by atoms with Gasteiger partial charge in [-0.2, -0.15) is 0 Å². The van der Waals surface area contributed by atoms with Crippen molar-refractivity contribution in [3.63, 3.8) is 0 Å². The first-order valence-electron chi connectivity index (χ1n) is 3.78. The summed E-state index contributed by atoms with van der Waals surface area (Å²) >= 11 is 0. The Morgan fingerprint density at radius 1 is 1.50 bits per heavy atom. The quantitative estimate of drug-likeness (QED) is 0.601. The standard InChI is InChI=1S/C8H13NO2S/c1-6(2)8-9-7(10)4-5-12(8,3)11/h4-6H,1-3H3,(H,9,10). The van der Waals surface area contributed by atoms with E-state index in [2.05, 4.69) is 5.32 Å². The van der Waals surface area contributed by atoms with Crippen LogP contribution in [0.15, 0.2) is 11.5 Å². The van der Waals surface area contributed by atoms with Crippen LogP contribution in [0.1, 0.15) is 13.8 Å². The molecule has 0 aliphatic carbocycles. The molecule has 68 valence electrons. The summed E-state index contributed by atoms with van der Waals surface area (Å²) in [6.07, 6.45) is 2.96. The number of hydrogen-bond acceptors (Lipinski definition) is 2. The Morgan fingerprint density at radius 3 is 2.50 bits per heavy atom. The highest BCUT2D eigenvalue weighted by atomic mass is 32.2. The van der Waals surface area contributed by atoms with Gasteiger partial charge in [0.2, 0.25) is 5.91 Å². The lowest BCUT2D eigenvalue weighted by molar-refractivity contribution is -0.115. The van der Waals surface area contributed by atoms with Crippen LogP contribution in [0, 0.1) is 5.92 Å². The molecule has 4 heteroatoms. The maximum Gasteiger partial charge on any atom is 0.249 e. The second-order valence-corrected chi connectivity index (χ2v) is 5.73. The number of nitrogens with one attached hydrogen (secondary N) is 1. The van der Waals surface area contributed by atoms with E-state index < -0.39 is 9.52 Å². The molecule has 1 rings (SSSR count). The predicted molar refractivity (Wildman–Crippen MR) is 51.2 cm³/mol. The van der Waals surface area contributed by atoms with Gasteiger partial charge in [0, 0.05) is 33.2 Å². The largest absolute Gasteiger partial charge is 0.319 e. The zero-order valence-electron chi connectivity index (χ0n) is 7.46. The minimum atomic E-state index is -2.10. The smallest absolute Gasteiger partial charge is 0.249 e. The van der Waals surface area contributed by atoms with Gasteiger partial charge in [-0.3, -0.25) is 9.00 Å². The Labute approximate surface area is 72.9 Å². The van der Waals surface area contributed by atoms with Crippen molar-refractivity contribution < 1.29 is 9.00 Å². The highest BCUT2D eigenvalue weighted by Crippen LogP contribution is 2.05. The fourth-order valence-electron chi connectivity index (χ4n) is 1.14. The van der Waals surface area contributed by atoms with E-state index in [4.69, 9.17) is 0 Å². The van der Waals surface area contributed by atoms with Gasteiger partial charge in [-0.05, 0) is 0 Å². The zero-order chi connectivity index (χ0) is 9.35. The first kappa shape index (κ1) is 9.32. The SMILES string of the molecule is CC(C)C1=S(C)(=O)C=CC(=O)N1. The Balaban J connectivity index is 3.22. The molecule has 0 aromatic carbocycles. The van der Waals surface area contributed by atoms with E-state index in [0.717, 1.165) is 0 Å². The summed E-state index contributed by atoms with van der Waals surface area (Å²) in [5.74, 6) is -0.0593. The molecule has 0 aromatic rings. The van der Waals surface area contributed by atoms with E-state index in [1.54, 1.807) is 6.26 Å². The lowest BCUT2D eigenvalue weighted by Crippen LogP contribution is -2.39. The summed E-state index contributed by atoms with van der Waals surface area (Å²) in [5.41, 5.74) is 0. The van der Waals surface area contributed by atoms with Crippen LogP contribution >= 0.6 is 0 Å². The third-order valence-electron chi connectivity index (χ3n) is 1.69. The van der Waals surface area contributed by atoms with Crippen LogP contribution in [0.4, 0.5) is 0 Å². The third kappa shape index (κ3) is 1.69. The van der Waals surface area contributed by atoms with Gasteiger partial charge in [-0.1, -0.05) is 13.8 Å². The lowest BCUT2D eigenvalue weighted by Gasteiger charge is -2.18. The molecular formula is C8H13NO2S. The molecule has 0 bridgehead atoms. The van der Waals surface area contributed by atoms with Crippen LogP contribution in [0.3, 0.4) is 0 Å². The number of rotatable bonds is 1. The predicted octanol–water partition coefficient (Wildman–Crippen LogP) is 0.330. The van der Waals surface area contributed by atoms with Crippen LogP contribution in [0.5, 0.6) is 0 Å². The first-order chi connectivity index (χ1) is 5.43. The highest BCUT2D eigenvalue weighted by molar-refractivity contribution is 8.04. The summed E-state index contributed by atoms with van der Waals surface area (Å²) in [7, 11) is -2.10. The molecular weight excluding hydrogens is 174 g/mol. The molecule has 0 fully saturated rings. The fourth-order valence-corrected chi connectivity index (χ4v) is 2.91. The summed E-state index contributed by atoms with van der Waals surface area (Å²) < 4.78 is 11.8. The molecule has 0 aromatic heterocycles. The number of carbonyl (C=O) groups is 1. The summed E-state index contributed by atoms with van der Waals surface area (Å²) in [5, 5.41) is 4.11. The summed E-state index contributed by atoms with van der Waals surface area (Å²) in [6, 6.07) is 0. The molecule has 1 atom stereocenters. The van der Waals surface area contributed by atoms with Crippen molar-refractivity contribution in [2.45, 2.75) is 13.8 Å². The molecule has 0 spiro atoms. The number of amides is 1. The topological polar surface area (TPSA) is 46.2 Å². The van der Waals surface area contributed by atoms with E-state index in [1.807, 2.05) is 13.8 Å². The molecule has 1 heterocycles. The van der Waals surface area contributed by atoms with Crippen LogP contribution in [-0.4, -0.2) is 21.4 Å². The van der Waals surface area contributed by atoms with E-state index in [9.17, 15) is 9.00 Å². The molecule has 1 amide bonds. The fraction of sp³-hybridized carbons (Fsp3) is 0.500. The van der Waals surface area contributed by atoms with Gasteiger partial charge in [0.1, 0.15) is 0 Å². The maximum atomic E-state index is 11.8. The van der Waals surface area contributed by atoms with Gasteiger partial charge in [0.05, 0.1) is 4.99 Å². The normalized spacial score (nSPS) is 29.3. The monoisotopic (exact) mass is 187 g/mol. The highest BCUT2D eigenvalue weighted by Gasteiger charge is 2.17. The van der Waals surface area contributed by atoms with Crippen molar-refractivity contribution in [2.24, 2.45) is 5.92 Å². The van der Waals surface area contributed by atoms with E-state index in [1.165, 1.54) is 11.5 Å². The molecule has 3 nitrogen and oxygen atoms in total. The van der Waals surface area contributed by atoms with Crippen molar-refractivity contribution in [3.05, 3.63) is 11.5 Å². The Bertz CT molecular complexity index is 346. The van der Waals surface area contributed by atoms with Crippen molar-refractivity contribution in [1.82, 2.24) is 5.32 Å². The van der Waals surface area contributed by atoms with E-state index >= 15 is 0 Å². The number of carbonyl (C=O) groups excluding carboxylic acids is 1. The van der Waals surface area contributed by atoms with Crippen LogP contribution in [0.2, 0.25) is 0 Å². The van der Waals surface area contributed by atoms with Crippen LogP contribution < -0.4 is 5.32 Å². The molecule has 1 aliphatic rings. The summed E-state index contributed by atoms with van der Waals surface area (Å²) in [6.45, 7) is 3.83. The zero-order valence-corrected chi connectivity index (χ0v) is 8.27. The second kappa shape index (κ2) is 2.94. The minimum absolute atomic E-state index is 0.122. The minimum Gasteiger partial charge on any atom is -0.319 e. The lowest BCUT2D eigenvalue weighted by atomic mass is 10.2. The van der Waals surface area contributed by atoms with Gasteiger partial charge in [-0.15, -0.1) is 0 Å². The van der Waals surface area contributed by atoms with Crippen molar-refractivity contribution in [1.29, 1.82) is 0 Å². The van der Waals surface area contributed by atoms with Gasteiger partial charge in [0.15, 0.2) is 0 Å². The molecule has 0 radical (unpaired) electrons. The van der Waals surface area contributed by atoms with E-state index in [0.29, 0.717) is 4.99 Å². The van der Waals surface area contributed by atoms with Crippen molar-refractivity contribution in [2.75, 3.05) is 6.26 Å². The average Bonchev–Trinajstić information content (AvgIpc) is 1.94. The summed E-state index contributed by atoms with van der Waals surface area (Å²) in [4.78, 5) is 11.6. The van der Waals surface area contributed by atoms with Gasteiger partial charge in [-0.25, -0.2) is 0 Å². The number of hydrogen-bond donors (Lipinski definition) is 1.